The number of sulfonamides is 1. The van der Waals surface area contributed by atoms with Crippen LogP contribution in [0.3, 0.4) is 0 Å². The van der Waals surface area contributed by atoms with Crippen molar-refractivity contribution < 1.29 is 13.2 Å². The van der Waals surface area contributed by atoms with Gasteiger partial charge in [0.1, 0.15) is 0 Å². The third-order valence-corrected chi connectivity index (χ3v) is 5.88. The Bertz CT molecular complexity index is 839. The van der Waals surface area contributed by atoms with Crippen LogP contribution in [-0.4, -0.2) is 31.7 Å². The zero-order valence-corrected chi connectivity index (χ0v) is 15.9. The minimum atomic E-state index is -3.89. The first-order chi connectivity index (χ1) is 11.8. The second kappa shape index (κ2) is 8.67. The van der Waals surface area contributed by atoms with Crippen LogP contribution in [0.2, 0.25) is 10.0 Å². The molecule has 25 heavy (non-hydrogen) atoms. The molecule has 1 N–H and O–H groups in total. The molecule has 0 aromatic heterocycles. The number of benzene rings is 2. The molecule has 2 rings (SSSR count). The highest BCUT2D eigenvalue weighted by Gasteiger charge is 2.27. The van der Waals surface area contributed by atoms with Crippen molar-refractivity contribution in [3.05, 3.63) is 64.1 Å². The van der Waals surface area contributed by atoms with Gasteiger partial charge in [0.15, 0.2) is 0 Å². The Kier molecular flexibility index (Phi) is 6.84. The fourth-order valence-electron chi connectivity index (χ4n) is 2.21. The second-order valence-electron chi connectivity index (χ2n) is 5.27. The van der Waals surface area contributed by atoms with E-state index < -0.39 is 10.0 Å². The Balaban J connectivity index is 2.37. The predicted octanol–water partition coefficient (Wildman–Crippen LogP) is 3.32. The summed E-state index contributed by atoms with van der Waals surface area (Å²) < 4.78 is 27.0. The molecule has 5 nitrogen and oxygen atoms in total. The number of halogens is 2. The summed E-state index contributed by atoms with van der Waals surface area (Å²) in [5.74, 6) is -0.382. The fourth-order valence-corrected chi connectivity index (χ4v) is 3.91. The van der Waals surface area contributed by atoms with Gasteiger partial charge in [-0.25, -0.2) is 8.42 Å². The lowest BCUT2D eigenvalue weighted by Gasteiger charge is -2.22. The van der Waals surface area contributed by atoms with Gasteiger partial charge in [0.2, 0.25) is 15.9 Å². The summed E-state index contributed by atoms with van der Waals surface area (Å²) in [4.78, 5) is 12.1. The monoisotopic (exact) mass is 400 g/mol. The average molecular weight is 401 g/mol. The van der Waals surface area contributed by atoms with Crippen LogP contribution >= 0.6 is 23.2 Å². The number of nitrogens with zero attached hydrogens (tertiary/aromatic N) is 1. The largest absolute Gasteiger partial charge is 0.355 e. The minimum absolute atomic E-state index is 0.0121. The minimum Gasteiger partial charge on any atom is -0.355 e. The van der Waals surface area contributed by atoms with Crippen molar-refractivity contribution >= 4 is 39.1 Å². The normalized spacial score (nSPS) is 11.5. The second-order valence-corrected chi connectivity index (χ2v) is 8.05. The van der Waals surface area contributed by atoms with Crippen LogP contribution < -0.4 is 5.32 Å². The van der Waals surface area contributed by atoms with Gasteiger partial charge in [-0.15, -0.1) is 0 Å². The number of hydrogen-bond acceptors (Lipinski definition) is 3. The van der Waals surface area contributed by atoms with Crippen LogP contribution in [0.25, 0.3) is 0 Å². The lowest BCUT2D eigenvalue weighted by atomic mass is 10.2. The Labute approximate surface area is 157 Å². The van der Waals surface area contributed by atoms with Crippen LogP contribution in [0.4, 0.5) is 0 Å². The van der Waals surface area contributed by atoms with Gasteiger partial charge in [-0.2, -0.15) is 4.31 Å². The van der Waals surface area contributed by atoms with E-state index in [2.05, 4.69) is 5.32 Å². The summed E-state index contributed by atoms with van der Waals surface area (Å²) in [7, 11) is -3.89. The van der Waals surface area contributed by atoms with Crippen molar-refractivity contribution in [2.45, 2.75) is 18.4 Å². The first-order valence-corrected chi connectivity index (χ1v) is 9.80. The van der Waals surface area contributed by atoms with Crippen LogP contribution in [0.15, 0.2) is 53.4 Å². The molecule has 0 aliphatic carbocycles. The molecule has 1 amide bonds. The summed E-state index contributed by atoms with van der Waals surface area (Å²) in [6.45, 7) is 1.87. The Morgan fingerprint density at radius 3 is 2.32 bits per heavy atom. The zero-order chi connectivity index (χ0) is 18.4. The van der Waals surface area contributed by atoms with Crippen molar-refractivity contribution in [1.29, 1.82) is 0 Å². The quantitative estimate of drug-likeness (QED) is 0.774. The highest BCUT2D eigenvalue weighted by atomic mass is 35.5. The Hall–Kier alpha value is -1.60. The Morgan fingerprint density at radius 1 is 1.08 bits per heavy atom. The first kappa shape index (κ1) is 19.7. The number of likely N-dealkylation sites (N-methyl/N-ethyl adjacent to an activating group) is 1. The predicted molar refractivity (Wildman–Crippen MR) is 99.2 cm³/mol. The molecule has 0 aliphatic heterocycles. The maximum absolute atomic E-state index is 13.0. The summed E-state index contributed by atoms with van der Waals surface area (Å²) in [5.41, 5.74) is 0.617. The number of carbonyl (C=O) groups excluding carboxylic acids is 1. The third-order valence-electron chi connectivity index (χ3n) is 3.45. The van der Waals surface area contributed by atoms with Crippen molar-refractivity contribution in [3.63, 3.8) is 0 Å². The maximum atomic E-state index is 13.0. The smallest absolute Gasteiger partial charge is 0.243 e. The molecule has 0 unspecified atom stereocenters. The van der Waals surface area contributed by atoms with Gasteiger partial charge in [-0.1, -0.05) is 41.4 Å². The molecule has 2 aromatic rings. The van der Waals surface area contributed by atoms with Crippen molar-refractivity contribution in [3.8, 4) is 0 Å². The van der Waals surface area contributed by atoms with E-state index in [0.29, 0.717) is 22.2 Å². The topological polar surface area (TPSA) is 66.5 Å². The van der Waals surface area contributed by atoms with E-state index >= 15 is 0 Å². The van der Waals surface area contributed by atoms with Crippen LogP contribution in [0.5, 0.6) is 0 Å². The summed E-state index contributed by atoms with van der Waals surface area (Å²) in [6.07, 6.45) is 0. The SMILES string of the molecule is CCNC(=O)CN(Cc1ccccc1Cl)S(=O)(=O)c1ccc(Cl)cc1. The van der Waals surface area contributed by atoms with E-state index in [1.54, 1.807) is 31.2 Å². The molecular formula is C17H18Cl2N2O3S. The van der Waals surface area contributed by atoms with Crippen LogP contribution in [-0.2, 0) is 21.4 Å². The standard InChI is InChI=1S/C17H18Cl2N2O3S/c1-2-20-17(22)12-21(11-13-5-3-4-6-16(13)19)25(23,24)15-9-7-14(18)8-10-15/h3-10H,2,11-12H2,1H3,(H,20,22). The Morgan fingerprint density at radius 2 is 1.72 bits per heavy atom. The van der Waals surface area contributed by atoms with Crippen LogP contribution in [0.1, 0.15) is 12.5 Å². The molecule has 8 heteroatoms. The number of amides is 1. The number of nitrogens with one attached hydrogen (secondary N) is 1. The van der Waals surface area contributed by atoms with E-state index in [1.807, 2.05) is 0 Å². The van der Waals surface area contributed by atoms with E-state index in [-0.39, 0.29) is 23.9 Å². The average Bonchev–Trinajstić information content (AvgIpc) is 2.57. The van der Waals surface area contributed by atoms with E-state index in [4.69, 9.17) is 23.2 Å². The van der Waals surface area contributed by atoms with Gasteiger partial charge >= 0.3 is 0 Å². The van der Waals surface area contributed by atoms with E-state index in [1.165, 1.54) is 24.3 Å². The lowest BCUT2D eigenvalue weighted by molar-refractivity contribution is -0.121. The van der Waals surface area contributed by atoms with Gasteiger partial charge < -0.3 is 5.32 Å². The molecule has 0 saturated heterocycles. The molecule has 2 aromatic carbocycles. The molecule has 0 atom stereocenters. The number of hydrogen-bond donors (Lipinski definition) is 1. The molecule has 0 bridgehead atoms. The molecule has 0 saturated carbocycles. The van der Waals surface area contributed by atoms with Gasteiger partial charge in [-0.3, -0.25) is 4.79 Å². The highest BCUT2D eigenvalue weighted by Crippen LogP contribution is 2.23. The van der Waals surface area contributed by atoms with Gasteiger partial charge in [0, 0.05) is 23.1 Å². The third kappa shape index (κ3) is 5.19. The van der Waals surface area contributed by atoms with Crippen molar-refractivity contribution in [1.82, 2.24) is 9.62 Å². The maximum Gasteiger partial charge on any atom is 0.243 e. The summed E-state index contributed by atoms with van der Waals surface area (Å²) in [5, 5.41) is 3.48. The molecule has 134 valence electrons. The van der Waals surface area contributed by atoms with Gasteiger partial charge in [-0.05, 0) is 42.8 Å². The fraction of sp³-hybridized carbons (Fsp3) is 0.235. The van der Waals surface area contributed by atoms with Gasteiger partial charge in [0.05, 0.1) is 11.4 Å². The van der Waals surface area contributed by atoms with E-state index in [9.17, 15) is 13.2 Å². The number of carbonyl (C=O) groups is 1. The van der Waals surface area contributed by atoms with Crippen molar-refractivity contribution in [2.24, 2.45) is 0 Å². The molecule has 0 spiro atoms. The first-order valence-electron chi connectivity index (χ1n) is 7.60. The van der Waals surface area contributed by atoms with Gasteiger partial charge in [0.25, 0.3) is 0 Å². The van der Waals surface area contributed by atoms with E-state index in [0.717, 1.165) is 4.31 Å². The molecule has 0 aliphatic rings. The molecular weight excluding hydrogens is 383 g/mol. The lowest BCUT2D eigenvalue weighted by Crippen LogP contribution is -2.40. The van der Waals surface area contributed by atoms with Crippen molar-refractivity contribution in [2.75, 3.05) is 13.1 Å². The number of rotatable bonds is 7. The zero-order valence-electron chi connectivity index (χ0n) is 13.6. The summed E-state index contributed by atoms with van der Waals surface area (Å²) >= 11 is 12.0. The molecule has 0 heterocycles. The highest BCUT2D eigenvalue weighted by molar-refractivity contribution is 7.89. The molecule has 0 radical (unpaired) electrons. The van der Waals surface area contributed by atoms with Crippen LogP contribution in [0, 0.1) is 0 Å². The molecule has 0 fully saturated rings. The summed E-state index contributed by atoms with van der Waals surface area (Å²) in [6, 6.07) is 12.7.